The summed E-state index contributed by atoms with van der Waals surface area (Å²) in [5.41, 5.74) is 3.90. The van der Waals surface area contributed by atoms with Crippen LogP contribution in [0.15, 0.2) is 18.2 Å². The number of rotatable bonds is 3. The van der Waals surface area contributed by atoms with E-state index in [-0.39, 0.29) is 6.29 Å². The van der Waals surface area contributed by atoms with E-state index in [0.717, 1.165) is 12.8 Å². The molecule has 2 heteroatoms. The molecule has 1 fully saturated rings. The Morgan fingerprint density at radius 1 is 1.13 bits per heavy atom. The fourth-order valence-corrected chi connectivity index (χ4v) is 1.94. The van der Waals surface area contributed by atoms with E-state index in [2.05, 4.69) is 32.0 Å². The molecule has 1 heterocycles. The van der Waals surface area contributed by atoms with Crippen LogP contribution in [0.5, 0.6) is 0 Å². The van der Waals surface area contributed by atoms with E-state index >= 15 is 0 Å². The molecule has 1 aliphatic rings. The summed E-state index contributed by atoms with van der Waals surface area (Å²) in [4.78, 5) is 0. The van der Waals surface area contributed by atoms with E-state index in [1.807, 2.05) is 0 Å². The van der Waals surface area contributed by atoms with E-state index < -0.39 is 0 Å². The number of hydrogen-bond acceptors (Lipinski definition) is 2. The predicted molar refractivity (Wildman–Crippen MR) is 59.8 cm³/mol. The smallest absolute Gasteiger partial charge is 0.184 e. The van der Waals surface area contributed by atoms with Gasteiger partial charge in [-0.3, -0.25) is 0 Å². The van der Waals surface area contributed by atoms with Crippen molar-refractivity contribution in [3.05, 3.63) is 34.9 Å². The summed E-state index contributed by atoms with van der Waals surface area (Å²) in [6.45, 7) is 5.76. The average molecular weight is 206 g/mol. The topological polar surface area (TPSA) is 18.5 Å². The van der Waals surface area contributed by atoms with Crippen molar-refractivity contribution in [2.75, 3.05) is 13.2 Å². The van der Waals surface area contributed by atoms with Crippen molar-refractivity contribution in [1.29, 1.82) is 0 Å². The highest BCUT2D eigenvalue weighted by atomic mass is 16.7. The Hall–Kier alpha value is -0.860. The lowest BCUT2D eigenvalue weighted by molar-refractivity contribution is -0.0447. The third-order valence-electron chi connectivity index (χ3n) is 2.88. The van der Waals surface area contributed by atoms with Crippen molar-refractivity contribution in [2.45, 2.75) is 33.0 Å². The lowest BCUT2D eigenvalue weighted by Crippen LogP contribution is -2.03. The number of benzene rings is 1. The van der Waals surface area contributed by atoms with Crippen molar-refractivity contribution in [1.82, 2.24) is 0 Å². The summed E-state index contributed by atoms with van der Waals surface area (Å²) < 4.78 is 11.1. The minimum absolute atomic E-state index is 0.133. The fourth-order valence-electron chi connectivity index (χ4n) is 1.94. The summed E-state index contributed by atoms with van der Waals surface area (Å²) in [6.07, 6.45) is 1.96. The second kappa shape index (κ2) is 4.77. The van der Waals surface area contributed by atoms with Crippen molar-refractivity contribution < 1.29 is 9.47 Å². The third-order valence-corrected chi connectivity index (χ3v) is 2.88. The molecular formula is C13H18O2. The molecule has 0 N–H and O–H groups in total. The van der Waals surface area contributed by atoms with Crippen LogP contribution >= 0.6 is 0 Å². The highest BCUT2D eigenvalue weighted by Gasteiger charge is 2.20. The van der Waals surface area contributed by atoms with Crippen LogP contribution in [0.4, 0.5) is 0 Å². The predicted octanol–water partition coefficient (Wildman–Crippen LogP) is 2.86. The molecule has 0 radical (unpaired) electrons. The van der Waals surface area contributed by atoms with Gasteiger partial charge in [-0.25, -0.2) is 0 Å². The summed E-state index contributed by atoms with van der Waals surface area (Å²) >= 11 is 0. The molecule has 15 heavy (non-hydrogen) atoms. The van der Waals surface area contributed by atoms with Gasteiger partial charge in [0.25, 0.3) is 0 Å². The Morgan fingerprint density at radius 2 is 1.87 bits per heavy atom. The van der Waals surface area contributed by atoms with E-state index in [0.29, 0.717) is 13.2 Å². The first-order valence-electron chi connectivity index (χ1n) is 5.70. The molecule has 0 spiro atoms. The molecule has 0 aliphatic carbocycles. The Kier molecular flexibility index (Phi) is 3.39. The summed E-state index contributed by atoms with van der Waals surface area (Å²) in [6, 6.07) is 6.60. The van der Waals surface area contributed by atoms with Crippen molar-refractivity contribution in [3.8, 4) is 0 Å². The van der Waals surface area contributed by atoms with Crippen LogP contribution in [-0.2, 0) is 22.3 Å². The quantitative estimate of drug-likeness (QED) is 0.757. The van der Waals surface area contributed by atoms with Crippen LogP contribution in [0.25, 0.3) is 0 Å². The molecule has 2 nitrogen and oxygen atoms in total. The summed E-state index contributed by atoms with van der Waals surface area (Å²) in [7, 11) is 0. The van der Waals surface area contributed by atoms with Gasteiger partial charge >= 0.3 is 0 Å². The molecule has 2 rings (SSSR count). The highest BCUT2D eigenvalue weighted by Crippen LogP contribution is 2.27. The zero-order valence-corrected chi connectivity index (χ0v) is 9.45. The molecule has 0 aromatic heterocycles. The molecule has 1 aromatic carbocycles. The van der Waals surface area contributed by atoms with Gasteiger partial charge < -0.3 is 9.47 Å². The fraction of sp³-hybridized carbons (Fsp3) is 0.538. The Morgan fingerprint density at radius 3 is 2.47 bits per heavy atom. The minimum Gasteiger partial charge on any atom is -0.346 e. The lowest BCUT2D eigenvalue weighted by Gasteiger charge is -2.15. The van der Waals surface area contributed by atoms with Gasteiger partial charge in [-0.05, 0) is 24.0 Å². The van der Waals surface area contributed by atoms with Gasteiger partial charge in [-0.1, -0.05) is 32.0 Å². The first-order chi connectivity index (χ1) is 7.35. The van der Waals surface area contributed by atoms with Crippen LogP contribution in [0, 0.1) is 0 Å². The number of hydrogen-bond donors (Lipinski definition) is 0. The average Bonchev–Trinajstić information content (AvgIpc) is 2.81. The molecule has 0 amide bonds. The molecule has 0 atom stereocenters. The zero-order valence-electron chi connectivity index (χ0n) is 9.45. The van der Waals surface area contributed by atoms with Crippen molar-refractivity contribution >= 4 is 0 Å². The van der Waals surface area contributed by atoms with Crippen LogP contribution in [0.3, 0.4) is 0 Å². The Bertz CT molecular complexity index is 327. The van der Waals surface area contributed by atoms with Gasteiger partial charge in [0.2, 0.25) is 0 Å². The molecule has 82 valence electrons. The van der Waals surface area contributed by atoms with Crippen LogP contribution < -0.4 is 0 Å². The second-order valence-corrected chi connectivity index (χ2v) is 3.81. The first kappa shape index (κ1) is 10.7. The monoisotopic (exact) mass is 206 g/mol. The SMILES string of the molecule is CCc1ccc(CC)c(C2OCCO2)c1. The number of aryl methyl sites for hydroxylation is 2. The van der Waals surface area contributed by atoms with Gasteiger partial charge in [-0.15, -0.1) is 0 Å². The van der Waals surface area contributed by atoms with Crippen molar-refractivity contribution in [3.63, 3.8) is 0 Å². The van der Waals surface area contributed by atoms with Gasteiger partial charge in [0.15, 0.2) is 6.29 Å². The largest absolute Gasteiger partial charge is 0.346 e. The van der Waals surface area contributed by atoms with Gasteiger partial charge in [0.05, 0.1) is 13.2 Å². The van der Waals surface area contributed by atoms with Gasteiger partial charge in [0, 0.05) is 5.56 Å². The van der Waals surface area contributed by atoms with Crippen LogP contribution in [-0.4, -0.2) is 13.2 Å². The maximum Gasteiger partial charge on any atom is 0.184 e. The maximum atomic E-state index is 5.56. The molecule has 0 unspecified atom stereocenters. The zero-order chi connectivity index (χ0) is 10.7. The summed E-state index contributed by atoms with van der Waals surface area (Å²) in [5.74, 6) is 0. The van der Waals surface area contributed by atoms with Gasteiger partial charge in [-0.2, -0.15) is 0 Å². The molecule has 0 saturated carbocycles. The van der Waals surface area contributed by atoms with Crippen LogP contribution in [0.2, 0.25) is 0 Å². The van der Waals surface area contributed by atoms with E-state index in [4.69, 9.17) is 9.47 Å². The Labute approximate surface area is 91.2 Å². The maximum absolute atomic E-state index is 5.56. The molecule has 1 aromatic rings. The molecule has 1 aliphatic heterocycles. The molecule has 1 saturated heterocycles. The molecular weight excluding hydrogens is 188 g/mol. The third kappa shape index (κ3) is 2.21. The second-order valence-electron chi connectivity index (χ2n) is 3.81. The van der Waals surface area contributed by atoms with E-state index in [1.54, 1.807) is 0 Å². The lowest BCUT2D eigenvalue weighted by atomic mass is 10.0. The minimum atomic E-state index is -0.133. The highest BCUT2D eigenvalue weighted by molar-refractivity contribution is 5.33. The summed E-state index contributed by atoms with van der Waals surface area (Å²) in [5, 5.41) is 0. The molecule has 0 bridgehead atoms. The van der Waals surface area contributed by atoms with Gasteiger partial charge in [0.1, 0.15) is 0 Å². The van der Waals surface area contributed by atoms with Crippen LogP contribution in [0.1, 0.15) is 36.8 Å². The Balaban J connectivity index is 2.32. The first-order valence-corrected chi connectivity index (χ1v) is 5.70. The normalized spacial score (nSPS) is 17.2. The van der Waals surface area contributed by atoms with Crippen molar-refractivity contribution in [2.24, 2.45) is 0 Å². The standard InChI is InChI=1S/C13H18O2/c1-3-10-5-6-11(4-2)12(9-10)13-14-7-8-15-13/h5-6,9,13H,3-4,7-8H2,1-2H3. The van der Waals surface area contributed by atoms with E-state index in [9.17, 15) is 0 Å². The van der Waals surface area contributed by atoms with E-state index in [1.165, 1.54) is 16.7 Å². The number of ether oxygens (including phenoxy) is 2.